The summed E-state index contributed by atoms with van der Waals surface area (Å²) >= 11 is 0. The van der Waals surface area contributed by atoms with Crippen LogP contribution in [0.15, 0.2) is 24.3 Å². The van der Waals surface area contributed by atoms with Crippen molar-refractivity contribution in [3.63, 3.8) is 0 Å². The van der Waals surface area contributed by atoms with Gasteiger partial charge in [0.2, 0.25) is 5.91 Å². The van der Waals surface area contributed by atoms with Gasteiger partial charge in [0.15, 0.2) is 0 Å². The van der Waals surface area contributed by atoms with Crippen LogP contribution in [0, 0.1) is 0 Å². The molecule has 0 aliphatic heterocycles. The van der Waals surface area contributed by atoms with Gasteiger partial charge in [-0.2, -0.15) is 0 Å². The Labute approximate surface area is 107 Å². The van der Waals surface area contributed by atoms with Crippen molar-refractivity contribution in [1.29, 1.82) is 0 Å². The highest BCUT2D eigenvalue weighted by atomic mass is 35.5. The van der Waals surface area contributed by atoms with Crippen LogP contribution in [0.5, 0.6) is 0 Å². The van der Waals surface area contributed by atoms with E-state index in [1.54, 1.807) is 24.3 Å². The molecule has 0 bridgehead atoms. The lowest BCUT2D eigenvalue weighted by atomic mass is 10.1. The highest BCUT2D eigenvalue weighted by Crippen LogP contribution is 2.16. The van der Waals surface area contributed by atoms with Gasteiger partial charge in [-0.1, -0.05) is 0 Å². The van der Waals surface area contributed by atoms with Crippen molar-refractivity contribution in [2.24, 2.45) is 0 Å². The standard InChI is InChI=1S/C12H17N3O.ClH/c1-8(2)15-12(16)6-3-9-7-10(13)4-5-11(9)14;/h3-8H,13-14H2,1-2H3,(H,15,16);1H. The van der Waals surface area contributed by atoms with E-state index in [0.29, 0.717) is 11.4 Å². The highest BCUT2D eigenvalue weighted by molar-refractivity contribution is 5.92. The molecule has 0 unspecified atom stereocenters. The number of hydrogen-bond donors (Lipinski definition) is 3. The zero-order valence-electron chi connectivity index (χ0n) is 9.94. The fourth-order valence-corrected chi connectivity index (χ4v) is 1.24. The van der Waals surface area contributed by atoms with Gasteiger partial charge in [0.1, 0.15) is 0 Å². The average Bonchev–Trinajstić information content (AvgIpc) is 2.18. The Bertz CT molecular complexity index is 416. The van der Waals surface area contributed by atoms with Crippen molar-refractivity contribution < 1.29 is 4.79 Å². The number of amides is 1. The highest BCUT2D eigenvalue weighted by Gasteiger charge is 1.99. The number of nitrogen functional groups attached to an aromatic ring is 2. The SMILES string of the molecule is CC(C)NC(=O)C=Cc1cc(N)ccc1N.Cl. The van der Waals surface area contributed by atoms with Crippen LogP contribution < -0.4 is 16.8 Å². The molecule has 0 heterocycles. The minimum atomic E-state index is -0.142. The first-order valence-electron chi connectivity index (χ1n) is 5.12. The lowest BCUT2D eigenvalue weighted by molar-refractivity contribution is -0.116. The minimum absolute atomic E-state index is 0. The predicted molar refractivity (Wildman–Crippen MR) is 74.8 cm³/mol. The summed E-state index contributed by atoms with van der Waals surface area (Å²) in [6.45, 7) is 3.81. The predicted octanol–water partition coefficient (Wildman–Crippen LogP) is 1.81. The number of carbonyl (C=O) groups is 1. The molecule has 0 atom stereocenters. The first-order valence-corrected chi connectivity index (χ1v) is 5.12. The van der Waals surface area contributed by atoms with E-state index < -0.39 is 0 Å². The number of rotatable bonds is 3. The van der Waals surface area contributed by atoms with Crippen molar-refractivity contribution in [3.8, 4) is 0 Å². The second-order valence-corrected chi connectivity index (χ2v) is 3.88. The molecule has 1 amide bonds. The zero-order valence-corrected chi connectivity index (χ0v) is 10.8. The van der Waals surface area contributed by atoms with E-state index in [9.17, 15) is 4.79 Å². The van der Waals surface area contributed by atoms with Gasteiger partial charge in [0.05, 0.1) is 0 Å². The van der Waals surface area contributed by atoms with E-state index in [1.165, 1.54) is 6.08 Å². The smallest absolute Gasteiger partial charge is 0.244 e. The van der Waals surface area contributed by atoms with E-state index in [0.717, 1.165) is 5.56 Å². The van der Waals surface area contributed by atoms with Crippen LogP contribution in [0.2, 0.25) is 0 Å². The third-order valence-corrected chi connectivity index (χ3v) is 1.96. The monoisotopic (exact) mass is 255 g/mol. The molecule has 1 aromatic rings. The number of hydrogen-bond acceptors (Lipinski definition) is 3. The molecule has 1 rings (SSSR count). The van der Waals surface area contributed by atoms with Crippen LogP contribution in [0.25, 0.3) is 6.08 Å². The van der Waals surface area contributed by atoms with Gasteiger partial charge in [-0.3, -0.25) is 4.79 Å². The summed E-state index contributed by atoms with van der Waals surface area (Å²) in [4.78, 5) is 11.4. The fraction of sp³-hybridized carbons (Fsp3) is 0.250. The van der Waals surface area contributed by atoms with Gasteiger partial charge in [-0.05, 0) is 43.7 Å². The first kappa shape index (κ1) is 15.3. The molecule has 0 saturated carbocycles. The molecular formula is C12H18ClN3O. The molecule has 17 heavy (non-hydrogen) atoms. The van der Waals surface area contributed by atoms with Crippen molar-refractivity contribution >= 4 is 35.8 Å². The normalized spacial score (nSPS) is 10.3. The number of nitrogens with one attached hydrogen (secondary N) is 1. The van der Waals surface area contributed by atoms with Crippen molar-refractivity contribution in [2.75, 3.05) is 11.5 Å². The van der Waals surface area contributed by atoms with Gasteiger partial charge >= 0.3 is 0 Å². The molecule has 0 saturated heterocycles. The number of anilines is 2. The van der Waals surface area contributed by atoms with Gasteiger partial charge < -0.3 is 16.8 Å². The van der Waals surface area contributed by atoms with Crippen LogP contribution in [0.4, 0.5) is 11.4 Å². The first-order chi connectivity index (χ1) is 7.49. The Balaban J connectivity index is 0.00000256. The summed E-state index contributed by atoms with van der Waals surface area (Å²) in [5.41, 5.74) is 13.3. The quantitative estimate of drug-likeness (QED) is 0.569. The summed E-state index contributed by atoms with van der Waals surface area (Å²) < 4.78 is 0. The van der Waals surface area contributed by atoms with E-state index in [2.05, 4.69) is 5.32 Å². The van der Waals surface area contributed by atoms with Gasteiger partial charge in [-0.15, -0.1) is 12.4 Å². The largest absolute Gasteiger partial charge is 0.399 e. The van der Waals surface area contributed by atoms with Gasteiger partial charge in [0.25, 0.3) is 0 Å². The molecule has 5 N–H and O–H groups in total. The number of carbonyl (C=O) groups excluding carboxylic acids is 1. The molecule has 0 fully saturated rings. The maximum atomic E-state index is 11.4. The van der Waals surface area contributed by atoms with E-state index >= 15 is 0 Å². The Hall–Kier alpha value is -1.68. The summed E-state index contributed by atoms with van der Waals surface area (Å²) in [5, 5.41) is 2.75. The lowest BCUT2D eigenvalue weighted by Gasteiger charge is -2.05. The third-order valence-electron chi connectivity index (χ3n) is 1.96. The zero-order chi connectivity index (χ0) is 12.1. The maximum absolute atomic E-state index is 11.4. The van der Waals surface area contributed by atoms with Crippen LogP contribution >= 0.6 is 12.4 Å². The molecule has 1 aromatic carbocycles. The average molecular weight is 256 g/mol. The van der Waals surface area contributed by atoms with E-state index in [4.69, 9.17) is 11.5 Å². The maximum Gasteiger partial charge on any atom is 0.244 e. The molecule has 0 aliphatic rings. The molecule has 5 heteroatoms. The topological polar surface area (TPSA) is 81.1 Å². The second kappa shape index (κ2) is 6.81. The molecule has 0 spiro atoms. The van der Waals surface area contributed by atoms with Gasteiger partial charge in [0, 0.05) is 23.5 Å². The van der Waals surface area contributed by atoms with Crippen molar-refractivity contribution in [2.45, 2.75) is 19.9 Å². The fourth-order valence-electron chi connectivity index (χ4n) is 1.24. The molecular weight excluding hydrogens is 238 g/mol. The molecule has 94 valence electrons. The summed E-state index contributed by atoms with van der Waals surface area (Å²) in [6.07, 6.45) is 3.11. The number of nitrogens with two attached hydrogens (primary N) is 2. The molecule has 0 aliphatic carbocycles. The lowest BCUT2D eigenvalue weighted by Crippen LogP contribution is -2.28. The van der Waals surface area contributed by atoms with Crippen molar-refractivity contribution in [3.05, 3.63) is 29.8 Å². The van der Waals surface area contributed by atoms with Gasteiger partial charge in [-0.25, -0.2) is 0 Å². The number of benzene rings is 1. The van der Waals surface area contributed by atoms with E-state index in [1.807, 2.05) is 13.8 Å². The Morgan fingerprint density at radius 3 is 2.59 bits per heavy atom. The van der Waals surface area contributed by atoms with Crippen LogP contribution in [-0.4, -0.2) is 11.9 Å². The number of halogens is 1. The molecule has 4 nitrogen and oxygen atoms in total. The van der Waals surface area contributed by atoms with Crippen LogP contribution in [-0.2, 0) is 4.79 Å². The van der Waals surface area contributed by atoms with Crippen LogP contribution in [0.1, 0.15) is 19.4 Å². The van der Waals surface area contributed by atoms with Crippen molar-refractivity contribution in [1.82, 2.24) is 5.32 Å². The summed E-state index contributed by atoms with van der Waals surface area (Å²) in [6, 6.07) is 5.29. The third kappa shape index (κ3) is 5.26. The molecule has 0 aromatic heterocycles. The molecule has 0 radical (unpaired) electrons. The second-order valence-electron chi connectivity index (χ2n) is 3.88. The van der Waals surface area contributed by atoms with E-state index in [-0.39, 0.29) is 24.4 Å². The summed E-state index contributed by atoms with van der Waals surface area (Å²) in [5.74, 6) is -0.142. The Morgan fingerprint density at radius 2 is 2.00 bits per heavy atom. The Kier molecular flexibility index (Phi) is 6.13. The summed E-state index contributed by atoms with van der Waals surface area (Å²) in [7, 11) is 0. The Morgan fingerprint density at radius 1 is 1.35 bits per heavy atom. The minimum Gasteiger partial charge on any atom is -0.399 e. The van der Waals surface area contributed by atoms with Crippen LogP contribution in [0.3, 0.4) is 0 Å².